The number of hydrogen-bond acceptors (Lipinski definition) is 6. The molecule has 6 nitrogen and oxygen atoms in total. The summed E-state index contributed by atoms with van der Waals surface area (Å²) in [6.07, 6.45) is 4.88. The van der Waals surface area contributed by atoms with Crippen molar-refractivity contribution in [2.75, 3.05) is 18.2 Å². The van der Waals surface area contributed by atoms with E-state index in [0.717, 1.165) is 18.6 Å². The van der Waals surface area contributed by atoms with Crippen LogP contribution in [0.3, 0.4) is 0 Å². The molecule has 2 rings (SSSR count). The largest absolute Gasteiger partial charge is 0.490 e. The van der Waals surface area contributed by atoms with Gasteiger partial charge in [0.25, 0.3) is 0 Å². The van der Waals surface area contributed by atoms with Crippen molar-refractivity contribution in [2.45, 2.75) is 25.8 Å². The maximum Gasteiger partial charge on any atom is 0.203 e. The number of nitrogens with two attached hydrogens (primary N) is 1. The molecule has 0 saturated heterocycles. The van der Waals surface area contributed by atoms with E-state index in [9.17, 15) is 0 Å². The standard InChI is InChI=1S/C13H18N4O2/c1-9(5-6-10-4-3-7-19-10)17-13-11(18-2)12(14)15-8-16-13/h3-4,7-9H,5-6H2,1-2H3,(H3,14,15,16,17). The fraction of sp³-hybridized carbons (Fsp3) is 0.385. The van der Waals surface area contributed by atoms with E-state index in [4.69, 9.17) is 14.9 Å². The lowest BCUT2D eigenvalue weighted by Gasteiger charge is -2.16. The Morgan fingerprint density at radius 1 is 1.47 bits per heavy atom. The summed E-state index contributed by atoms with van der Waals surface area (Å²) in [7, 11) is 1.55. The van der Waals surface area contributed by atoms with E-state index in [2.05, 4.69) is 22.2 Å². The first kappa shape index (κ1) is 13.2. The van der Waals surface area contributed by atoms with Crippen LogP contribution >= 0.6 is 0 Å². The van der Waals surface area contributed by atoms with E-state index < -0.39 is 0 Å². The smallest absolute Gasteiger partial charge is 0.203 e. The molecule has 0 aliphatic heterocycles. The fourth-order valence-electron chi connectivity index (χ4n) is 1.81. The second-order valence-electron chi connectivity index (χ2n) is 4.30. The first-order valence-corrected chi connectivity index (χ1v) is 6.14. The van der Waals surface area contributed by atoms with Crippen LogP contribution in [-0.4, -0.2) is 23.1 Å². The van der Waals surface area contributed by atoms with Crippen LogP contribution in [-0.2, 0) is 6.42 Å². The molecule has 2 heterocycles. The number of nitrogen functional groups attached to an aromatic ring is 1. The molecule has 3 N–H and O–H groups in total. The summed E-state index contributed by atoms with van der Waals surface area (Å²) in [6, 6.07) is 4.07. The summed E-state index contributed by atoms with van der Waals surface area (Å²) in [5, 5.41) is 3.27. The minimum Gasteiger partial charge on any atom is -0.490 e. The van der Waals surface area contributed by atoms with E-state index in [1.165, 1.54) is 6.33 Å². The number of rotatable bonds is 6. The molecule has 0 spiro atoms. The highest BCUT2D eigenvalue weighted by Gasteiger charge is 2.12. The van der Waals surface area contributed by atoms with Crippen LogP contribution in [0, 0.1) is 0 Å². The summed E-state index contributed by atoms with van der Waals surface area (Å²) < 4.78 is 10.5. The number of methoxy groups -OCH3 is 1. The summed E-state index contributed by atoms with van der Waals surface area (Å²) in [4.78, 5) is 8.04. The van der Waals surface area contributed by atoms with E-state index in [-0.39, 0.29) is 6.04 Å². The van der Waals surface area contributed by atoms with E-state index in [0.29, 0.717) is 17.4 Å². The van der Waals surface area contributed by atoms with Gasteiger partial charge in [0.15, 0.2) is 11.6 Å². The zero-order valence-corrected chi connectivity index (χ0v) is 11.1. The zero-order chi connectivity index (χ0) is 13.7. The third kappa shape index (κ3) is 3.37. The quantitative estimate of drug-likeness (QED) is 0.829. The van der Waals surface area contributed by atoms with Crippen molar-refractivity contribution in [2.24, 2.45) is 0 Å². The van der Waals surface area contributed by atoms with Gasteiger partial charge in [-0.1, -0.05) is 0 Å². The maximum atomic E-state index is 5.73. The van der Waals surface area contributed by atoms with Gasteiger partial charge in [0.2, 0.25) is 5.75 Å². The number of furan rings is 1. The minimum atomic E-state index is 0.216. The molecule has 2 aromatic rings. The molecule has 1 unspecified atom stereocenters. The fourth-order valence-corrected chi connectivity index (χ4v) is 1.81. The Kier molecular flexibility index (Phi) is 4.22. The average molecular weight is 262 g/mol. The van der Waals surface area contributed by atoms with Crippen LogP contribution in [0.5, 0.6) is 5.75 Å². The van der Waals surface area contributed by atoms with Crippen LogP contribution in [0.1, 0.15) is 19.1 Å². The number of anilines is 2. The highest BCUT2D eigenvalue weighted by molar-refractivity contribution is 5.61. The van der Waals surface area contributed by atoms with Crippen molar-refractivity contribution < 1.29 is 9.15 Å². The minimum absolute atomic E-state index is 0.216. The molecule has 0 fully saturated rings. The molecule has 19 heavy (non-hydrogen) atoms. The maximum absolute atomic E-state index is 5.73. The lowest BCUT2D eigenvalue weighted by molar-refractivity contribution is 0.414. The van der Waals surface area contributed by atoms with Crippen molar-refractivity contribution in [1.82, 2.24) is 9.97 Å². The zero-order valence-electron chi connectivity index (χ0n) is 11.1. The Balaban J connectivity index is 1.95. The monoisotopic (exact) mass is 262 g/mol. The Labute approximate surface area is 112 Å². The van der Waals surface area contributed by atoms with Gasteiger partial charge in [-0.25, -0.2) is 9.97 Å². The topological polar surface area (TPSA) is 86.2 Å². The van der Waals surface area contributed by atoms with Gasteiger partial charge in [0.05, 0.1) is 13.4 Å². The van der Waals surface area contributed by atoms with Gasteiger partial charge in [-0.05, 0) is 25.5 Å². The van der Waals surface area contributed by atoms with Gasteiger partial charge in [0.1, 0.15) is 12.1 Å². The molecule has 0 aliphatic rings. The second kappa shape index (κ2) is 6.08. The van der Waals surface area contributed by atoms with Crippen molar-refractivity contribution in [3.05, 3.63) is 30.5 Å². The van der Waals surface area contributed by atoms with Gasteiger partial charge in [-0.15, -0.1) is 0 Å². The van der Waals surface area contributed by atoms with Crippen molar-refractivity contribution >= 4 is 11.6 Å². The first-order chi connectivity index (χ1) is 9.20. The number of nitrogens with zero attached hydrogens (tertiary/aromatic N) is 2. The molecule has 1 atom stereocenters. The number of ether oxygens (including phenoxy) is 1. The molecule has 0 radical (unpaired) electrons. The molecule has 0 aromatic carbocycles. The van der Waals surface area contributed by atoms with Crippen molar-refractivity contribution in [1.29, 1.82) is 0 Å². The Morgan fingerprint density at radius 3 is 3.00 bits per heavy atom. The average Bonchev–Trinajstić information content (AvgIpc) is 2.90. The number of aryl methyl sites for hydroxylation is 1. The Hall–Kier alpha value is -2.24. The first-order valence-electron chi connectivity index (χ1n) is 6.14. The number of aromatic nitrogens is 2. The van der Waals surface area contributed by atoms with Crippen LogP contribution < -0.4 is 15.8 Å². The van der Waals surface area contributed by atoms with Crippen molar-refractivity contribution in [3.63, 3.8) is 0 Å². The van der Waals surface area contributed by atoms with Crippen LogP contribution in [0.15, 0.2) is 29.1 Å². The third-order valence-electron chi connectivity index (χ3n) is 2.82. The molecule has 0 saturated carbocycles. The number of nitrogens with one attached hydrogen (secondary N) is 1. The second-order valence-corrected chi connectivity index (χ2v) is 4.30. The SMILES string of the molecule is COc1c(N)ncnc1NC(C)CCc1ccco1. The van der Waals surface area contributed by atoms with Crippen molar-refractivity contribution in [3.8, 4) is 5.75 Å². The van der Waals surface area contributed by atoms with E-state index in [1.54, 1.807) is 13.4 Å². The normalized spacial score (nSPS) is 12.1. The Bertz CT molecular complexity index is 513. The van der Waals surface area contributed by atoms with Gasteiger partial charge in [-0.2, -0.15) is 0 Å². The molecule has 0 bridgehead atoms. The summed E-state index contributed by atoms with van der Waals surface area (Å²) in [6.45, 7) is 2.07. The predicted octanol–water partition coefficient (Wildman–Crippen LogP) is 2.09. The molecule has 2 aromatic heterocycles. The lowest BCUT2D eigenvalue weighted by atomic mass is 10.1. The Morgan fingerprint density at radius 2 is 2.32 bits per heavy atom. The molecule has 0 amide bonds. The predicted molar refractivity (Wildman–Crippen MR) is 73.1 cm³/mol. The third-order valence-corrected chi connectivity index (χ3v) is 2.82. The highest BCUT2D eigenvalue weighted by atomic mass is 16.5. The molecule has 6 heteroatoms. The van der Waals surface area contributed by atoms with E-state index >= 15 is 0 Å². The van der Waals surface area contributed by atoms with Crippen LogP contribution in [0.25, 0.3) is 0 Å². The highest BCUT2D eigenvalue weighted by Crippen LogP contribution is 2.27. The van der Waals surface area contributed by atoms with Crippen LogP contribution in [0.4, 0.5) is 11.6 Å². The molecular weight excluding hydrogens is 244 g/mol. The molecular formula is C13H18N4O2. The number of hydrogen-bond donors (Lipinski definition) is 2. The molecule has 102 valence electrons. The molecule has 0 aliphatic carbocycles. The summed E-state index contributed by atoms with van der Waals surface area (Å²) in [5.41, 5.74) is 5.73. The summed E-state index contributed by atoms with van der Waals surface area (Å²) in [5.74, 6) is 2.40. The van der Waals surface area contributed by atoms with Gasteiger partial charge < -0.3 is 20.2 Å². The summed E-state index contributed by atoms with van der Waals surface area (Å²) >= 11 is 0. The lowest BCUT2D eigenvalue weighted by Crippen LogP contribution is -2.18. The van der Waals surface area contributed by atoms with Crippen LogP contribution in [0.2, 0.25) is 0 Å². The van der Waals surface area contributed by atoms with Gasteiger partial charge in [-0.3, -0.25) is 0 Å². The van der Waals surface area contributed by atoms with Gasteiger partial charge in [0, 0.05) is 12.5 Å². The van der Waals surface area contributed by atoms with E-state index in [1.807, 2.05) is 12.1 Å². The van der Waals surface area contributed by atoms with Gasteiger partial charge >= 0.3 is 0 Å².